The van der Waals surface area contributed by atoms with Gasteiger partial charge in [0.15, 0.2) is 5.78 Å². The summed E-state index contributed by atoms with van der Waals surface area (Å²) in [5, 5.41) is 22.2. The number of carbonyl (C=O) groups is 2. The number of azo groups is 1. The minimum atomic E-state index is -4.53. The first-order valence-electron chi connectivity index (χ1n) is 8.31. The average Bonchev–Trinajstić information content (AvgIpc) is 2.62. The van der Waals surface area contributed by atoms with E-state index >= 15 is 0 Å². The van der Waals surface area contributed by atoms with Crippen molar-refractivity contribution in [1.82, 2.24) is 0 Å². The summed E-state index contributed by atoms with van der Waals surface area (Å²) in [7, 11) is -3.44. The lowest BCUT2D eigenvalue weighted by Crippen LogP contribution is -2.32. The summed E-state index contributed by atoms with van der Waals surface area (Å²) in [5.74, 6) is -1.28. The lowest BCUT2D eigenvalue weighted by molar-refractivity contribution is -0.126. The van der Waals surface area contributed by atoms with Crippen molar-refractivity contribution in [2.24, 2.45) is 10.2 Å². The summed E-state index contributed by atoms with van der Waals surface area (Å²) in [6.07, 6.45) is 0. The van der Waals surface area contributed by atoms with Crippen LogP contribution >= 0.6 is 0 Å². The smallest absolute Gasteiger partial charge is 0.294 e. The number of benzene rings is 2. The Labute approximate surface area is 167 Å². The molecule has 0 aliphatic heterocycles. The van der Waals surface area contributed by atoms with Gasteiger partial charge in [0.05, 0.1) is 10.6 Å². The van der Waals surface area contributed by atoms with Gasteiger partial charge in [-0.3, -0.25) is 14.1 Å². The van der Waals surface area contributed by atoms with E-state index in [-0.39, 0.29) is 11.4 Å². The summed E-state index contributed by atoms with van der Waals surface area (Å²) < 4.78 is 31.6. The van der Waals surface area contributed by atoms with Crippen molar-refractivity contribution in [1.29, 1.82) is 0 Å². The Balaban J connectivity index is 2.34. The molecule has 0 bridgehead atoms. The van der Waals surface area contributed by atoms with Crippen LogP contribution in [0.4, 0.5) is 17.1 Å². The molecule has 11 heteroatoms. The van der Waals surface area contributed by atoms with E-state index in [1.54, 1.807) is 31.2 Å². The Kier molecular flexibility index (Phi) is 6.80. The fraction of sp³-hybridized carbons (Fsp3) is 0.222. The second kappa shape index (κ2) is 8.90. The molecule has 0 fully saturated rings. The zero-order valence-electron chi connectivity index (χ0n) is 15.9. The van der Waals surface area contributed by atoms with Gasteiger partial charge in [-0.15, -0.1) is 0 Å². The van der Waals surface area contributed by atoms with E-state index in [0.29, 0.717) is 10.8 Å². The van der Waals surface area contributed by atoms with Gasteiger partial charge in [0.2, 0.25) is 6.04 Å². The third-order valence-corrected chi connectivity index (χ3v) is 4.75. The molecule has 2 N–H and O–H groups in total. The SMILES string of the molecule is CC(=O)C(N=Nc1ccc(S(=O)(=O)O)cc1N(C)[O-])C(=O)Nc1ccccc1C. The molecule has 0 saturated heterocycles. The Morgan fingerprint density at radius 2 is 1.86 bits per heavy atom. The van der Waals surface area contributed by atoms with E-state index < -0.39 is 32.7 Å². The highest BCUT2D eigenvalue weighted by molar-refractivity contribution is 7.85. The third-order valence-electron chi connectivity index (χ3n) is 3.90. The van der Waals surface area contributed by atoms with Crippen LogP contribution in [-0.4, -0.2) is 37.8 Å². The first kappa shape index (κ1) is 22.1. The van der Waals surface area contributed by atoms with Crippen LogP contribution in [0.3, 0.4) is 0 Å². The molecule has 2 aromatic carbocycles. The van der Waals surface area contributed by atoms with Crippen molar-refractivity contribution < 1.29 is 22.6 Å². The molecule has 29 heavy (non-hydrogen) atoms. The maximum Gasteiger partial charge on any atom is 0.294 e. The molecule has 1 amide bonds. The van der Waals surface area contributed by atoms with Crippen LogP contribution in [0, 0.1) is 12.1 Å². The number of nitrogens with one attached hydrogen (secondary N) is 1. The summed E-state index contributed by atoms with van der Waals surface area (Å²) >= 11 is 0. The van der Waals surface area contributed by atoms with E-state index in [2.05, 4.69) is 15.5 Å². The fourth-order valence-electron chi connectivity index (χ4n) is 2.35. The van der Waals surface area contributed by atoms with Crippen LogP contribution in [0.1, 0.15) is 12.5 Å². The second-order valence-electron chi connectivity index (χ2n) is 6.16. The molecule has 0 heterocycles. The lowest BCUT2D eigenvalue weighted by Gasteiger charge is -2.26. The van der Waals surface area contributed by atoms with Crippen molar-refractivity contribution in [3.63, 3.8) is 0 Å². The van der Waals surface area contributed by atoms with Crippen LogP contribution in [0.5, 0.6) is 0 Å². The van der Waals surface area contributed by atoms with E-state index in [0.717, 1.165) is 30.8 Å². The molecule has 0 saturated carbocycles. The number of rotatable bonds is 7. The minimum Gasteiger partial charge on any atom is -0.758 e. The number of para-hydroxylation sites is 1. The molecular weight excluding hydrogens is 400 g/mol. The second-order valence-corrected chi connectivity index (χ2v) is 7.58. The van der Waals surface area contributed by atoms with E-state index in [1.807, 2.05) is 0 Å². The first-order valence-corrected chi connectivity index (χ1v) is 9.75. The van der Waals surface area contributed by atoms with Gasteiger partial charge in [0, 0.05) is 5.69 Å². The maximum absolute atomic E-state index is 12.5. The van der Waals surface area contributed by atoms with Crippen LogP contribution in [-0.2, 0) is 19.7 Å². The predicted molar refractivity (Wildman–Crippen MR) is 107 cm³/mol. The van der Waals surface area contributed by atoms with Crippen LogP contribution < -0.4 is 10.4 Å². The van der Waals surface area contributed by atoms with Gasteiger partial charge in [-0.1, -0.05) is 18.2 Å². The molecule has 0 aliphatic rings. The van der Waals surface area contributed by atoms with Crippen molar-refractivity contribution in [3.8, 4) is 0 Å². The third kappa shape index (κ3) is 5.67. The molecule has 10 nitrogen and oxygen atoms in total. The van der Waals surface area contributed by atoms with Crippen LogP contribution in [0.25, 0.3) is 0 Å². The van der Waals surface area contributed by atoms with Crippen molar-refractivity contribution in [3.05, 3.63) is 53.2 Å². The summed E-state index contributed by atoms with van der Waals surface area (Å²) in [5.41, 5.74) is 1.00. The van der Waals surface area contributed by atoms with Gasteiger partial charge < -0.3 is 15.6 Å². The standard InChI is InChI=1S/C18H19N4O6S/c1-11-6-4-5-7-14(11)19-18(24)17(12(2)23)21-20-15-9-8-13(29(26,27)28)10-16(15)22(3)25/h4-10,17H,1-3H3,(H,19,24)(H,26,27,28)/q-1. The Morgan fingerprint density at radius 1 is 1.21 bits per heavy atom. The highest BCUT2D eigenvalue weighted by Gasteiger charge is 2.24. The number of hydroxylamine groups is 1. The Bertz CT molecular complexity index is 1070. The summed E-state index contributed by atoms with van der Waals surface area (Å²) in [6.45, 7) is 2.95. The van der Waals surface area contributed by atoms with Gasteiger partial charge >= 0.3 is 0 Å². The van der Waals surface area contributed by atoms with Gasteiger partial charge in [0.1, 0.15) is 5.69 Å². The van der Waals surface area contributed by atoms with Crippen LogP contribution in [0.15, 0.2) is 57.6 Å². The molecule has 0 aliphatic carbocycles. The monoisotopic (exact) mass is 419 g/mol. The van der Waals surface area contributed by atoms with E-state index in [4.69, 9.17) is 4.55 Å². The number of ketones is 1. The van der Waals surface area contributed by atoms with E-state index in [1.165, 1.54) is 6.92 Å². The molecule has 2 aromatic rings. The summed E-state index contributed by atoms with van der Waals surface area (Å²) in [6, 6.07) is 8.56. The number of amides is 1. The fourth-order valence-corrected chi connectivity index (χ4v) is 2.85. The molecule has 0 spiro atoms. The zero-order chi connectivity index (χ0) is 21.8. The number of hydrogen-bond acceptors (Lipinski definition) is 8. The number of aryl methyl sites for hydroxylation is 1. The van der Waals surface area contributed by atoms with Crippen LogP contribution in [0.2, 0.25) is 0 Å². The van der Waals surface area contributed by atoms with Crippen molar-refractivity contribution in [2.45, 2.75) is 24.8 Å². The van der Waals surface area contributed by atoms with E-state index in [9.17, 15) is 23.2 Å². The normalized spacial score (nSPS) is 12.6. The number of Topliss-reactive ketones (excluding diaryl/α,β-unsaturated/α-hetero) is 1. The van der Waals surface area contributed by atoms with Gasteiger partial charge in [0.25, 0.3) is 16.0 Å². The van der Waals surface area contributed by atoms with Gasteiger partial charge in [-0.05, 0) is 50.7 Å². The molecule has 0 radical (unpaired) electrons. The molecule has 1 unspecified atom stereocenters. The lowest BCUT2D eigenvalue weighted by atomic mass is 10.1. The first-order chi connectivity index (χ1) is 13.5. The Morgan fingerprint density at radius 3 is 2.41 bits per heavy atom. The van der Waals surface area contributed by atoms with Gasteiger partial charge in [-0.25, -0.2) is 0 Å². The van der Waals surface area contributed by atoms with Crippen molar-refractivity contribution in [2.75, 3.05) is 17.4 Å². The number of nitrogens with zero attached hydrogens (tertiary/aromatic N) is 3. The molecular formula is C18H19N4O6S-. The maximum atomic E-state index is 12.5. The summed E-state index contributed by atoms with van der Waals surface area (Å²) in [4.78, 5) is 23.8. The minimum absolute atomic E-state index is 0.0789. The molecule has 0 aromatic heterocycles. The average molecular weight is 419 g/mol. The Hall–Kier alpha value is -3.15. The number of anilines is 2. The highest BCUT2D eigenvalue weighted by Crippen LogP contribution is 2.31. The van der Waals surface area contributed by atoms with Crippen molar-refractivity contribution >= 4 is 38.9 Å². The van der Waals surface area contributed by atoms with Gasteiger partial charge in [-0.2, -0.15) is 18.6 Å². The zero-order valence-corrected chi connectivity index (χ0v) is 16.7. The molecule has 154 valence electrons. The quantitative estimate of drug-likeness (QED) is 0.303. The topological polar surface area (TPSA) is 152 Å². The predicted octanol–water partition coefficient (Wildman–Crippen LogP) is 2.86. The number of hydrogen-bond donors (Lipinski definition) is 2. The molecule has 1 atom stereocenters. The number of carbonyl (C=O) groups excluding carboxylic acids is 2. The molecule has 2 rings (SSSR count). The largest absolute Gasteiger partial charge is 0.758 e. The highest BCUT2D eigenvalue weighted by atomic mass is 32.2.